The summed E-state index contributed by atoms with van der Waals surface area (Å²) < 4.78 is 5.44. The van der Waals surface area contributed by atoms with Crippen LogP contribution in [0.2, 0.25) is 0 Å². The van der Waals surface area contributed by atoms with E-state index in [0.717, 1.165) is 80.8 Å². The fraction of sp³-hybridized carbons (Fsp3) is 0.522. The number of morpholine rings is 1. The van der Waals surface area contributed by atoms with Gasteiger partial charge in [-0.15, -0.1) is 0 Å². The van der Waals surface area contributed by atoms with Crippen molar-refractivity contribution in [1.29, 1.82) is 5.26 Å². The number of ether oxygens (including phenoxy) is 1. The number of hydrogen-bond acceptors (Lipinski definition) is 6. The van der Waals surface area contributed by atoms with E-state index in [1.54, 1.807) is 0 Å². The maximum atomic E-state index is 12.8. The van der Waals surface area contributed by atoms with E-state index in [9.17, 15) is 10.1 Å². The maximum Gasteiger partial charge on any atom is 0.255 e. The summed E-state index contributed by atoms with van der Waals surface area (Å²) in [5, 5.41) is 9.36. The molecular formula is C23H27N5O2. The number of rotatable bonds is 3. The van der Waals surface area contributed by atoms with Crippen molar-refractivity contribution < 1.29 is 4.74 Å². The molecule has 2 aliphatic heterocycles. The number of nitriles is 1. The predicted molar refractivity (Wildman–Crippen MR) is 114 cm³/mol. The summed E-state index contributed by atoms with van der Waals surface area (Å²) in [6.07, 6.45) is 3.84. The molecule has 7 heteroatoms. The Balaban J connectivity index is 1.35. The minimum Gasteiger partial charge on any atom is -0.378 e. The van der Waals surface area contributed by atoms with E-state index in [0.29, 0.717) is 19.2 Å². The molecule has 0 radical (unpaired) electrons. The van der Waals surface area contributed by atoms with Gasteiger partial charge in [0.15, 0.2) is 0 Å². The Morgan fingerprint density at radius 3 is 2.67 bits per heavy atom. The molecule has 1 spiro atoms. The van der Waals surface area contributed by atoms with Crippen molar-refractivity contribution >= 4 is 5.95 Å². The summed E-state index contributed by atoms with van der Waals surface area (Å²) in [4.78, 5) is 25.4. The molecule has 0 amide bonds. The Hall–Kier alpha value is -2.69. The fourth-order valence-corrected chi connectivity index (χ4v) is 5.20. The number of hydrogen-bond donors (Lipinski definition) is 1. The molecule has 0 unspecified atom stereocenters. The van der Waals surface area contributed by atoms with Crippen molar-refractivity contribution in [3.63, 3.8) is 0 Å². The lowest BCUT2D eigenvalue weighted by Crippen LogP contribution is -2.43. The van der Waals surface area contributed by atoms with Crippen LogP contribution in [0.3, 0.4) is 0 Å². The fourth-order valence-electron chi connectivity index (χ4n) is 5.20. The maximum absolute atomic E-state index is 12.8. The van der Waals surface area contributed by atoms with Gasteiger partial charge in [-0.2, -0.15) is 5.26 Å². The number of anilines is 1. The number of piperidine rings is 1. The smallest absolute Gasteiger partial charge is 0.255 e. The van der Waals surface area contributed by atoms with Crippen LogP contribution in [0.15, 0.2) is 29.1 Å². The number of benzene rings is 1. The van der Waals surface area contributed by atoms with Gasteiger partial charge in [0.05, 0.1) is 30.5 Å². The van der Waals surface area contributed by atoms with Crippen LogP contribution in [-0.2, 0) is 23.1 Å². The van der Waals surface area contributed by atoms with E-state index in [4.69, 9.17) is 9.72 Å². The number of nitrogens with zero attached hydrogens (tertiary/aromatic N) is 4. The lowest BCUT2D eigenvalue weighted by atomic mass is 9.76. The first-order valence-corrected chi connectivity index (χ1v) is 10.9. The van der Waals surface area contributed by atoms with Crippen molar-refractivity contribution in [2.45, 2.75) is 37.6 Å². The molecule has 0 saturated carbocycles. The monoisotopic (exact) mass is 405 g/mol. The van der Waals surface area contributed by atoms with E-state index >= 15 is 0 Å². The molecule has 1 aromatic heterocycles. The van der Waals surface area contributed by atoms with E-state index in [-0.39, 0.29) is 11.0 Å². The summed E-state index contributed by atoms with van der Waals surface area (Å²) in [6.45, 7) is 5.59. The molecule has 3 heterocycles. The second-order valence-electron chi connectivity index (χ2n) is 8.64. The van der Waals surface area contributed by atoms with Crippen LogP contribution >= 0.6 is 0 Å². The van der Waals surface area contributed by atoms with Crippen LogP contribution in [0.25, 0.3) is 0 Å². The van der Waals surface area contributed by atoms with Crippen molar-refractivity contribution in [1.82, 2.24) is 14.9 Å². The first-order valence-electron chi connectivity index (χ1n) is 10.9. The molecule has 1 aliphatic carbocycles. The largest absolute Gasteiger partial charge is 0.378 e. The van der Waals surface area contributed by atoms with Crippen LogP contribution < -0.4 is 10.5 Å². The number of nitrogens with one attached hydrogen (secondary N) is 1. The van der Waals surface area contributed by atoms with Crippen LogP contribution in [0.4, 0.5) is 5.95 Å². The van der Waals surface area contributed by atoms with Crippen molar-refractivity contribution in [3.8, 4) is 6.07 Å². The minimum atomic E-state index is 0.00980. The minimum absolute atomic E-state index is 0.00980. The van der Waals surface area contributed by atoms with Crippen LogP contribution in [-0.4, -0.2) is 54.3 Å². The molecule has 2 saturated heterocycles. The highest BCUT2D eigenvalue weighted by Crippen LogP contribution is 2.44. The Bertz CT molecular complexity index is 1030. The number of aromatic amines is 1. The molecule has 0 bridgehead atoms. The van der Waals surface area contributed by atoms with Crippen LogP contribution in [0, 0.1) is 11.3 Å². The molecule has 5 rings (SSSR count). The topological polar surface area (TPSA) is 85.2 Å². The highest BCUT2D eigenvalue weighted by Gasteiger charge is 2.44. The third-order valence-electron chi connectivity index (χ3n) is 7.01. The number of H-pyrrole nitrogens is 1. The standard InChI is InChI=1S/C23H27N5O2/c24-15-17-3-1-2-4-18(17)16-27-9-7-23(8-10-27)6-5-19-20(23)25-22(26-21(19)29)28-11-13-30-14-12-28/h1-4H,5-14,16H2,(H,25,26,29). The molecule has 30 heavy (non-hydrogen) atoms. The predicted octanol–water partition coefficient (Wildman–Crippen LogP) is 1.96. The second kappa shape index (κ2) is 7.86. The second-order valence-corrected chi connectivity index (χ2v) is 8.64. The highest BCUT2D eigenvalue weighted by atomic mass is 16.5. The zero-order valence-corrected chi connectivity index (χ0v) is 17.2. The van der Waals surface area contributed by atoms with Gasteiger partial charge in [-0.25, -0.2) is 4.98 Å². The van der Waals surface area contributed by atoms with Crippen LogP contribution in [0.5, 0.6) is 0 Å². The van der Waals surface area contributed by atoms with Gasteiger partial charge in [0.25, 0.3) is 5.56 Å². The van der Waals surface area contributed by atoms with Gasteiger partial charge >= 0.3 is 0 Å². The number of aromatic nitrogens is 2. The SMILES string of the molecule is N#Cc1ccccc1CN1CCC2(CCc3c2nc(N2CCOCC2)[nH]c3=O)CC1. The van der Waals surface area contributed by atoms with Gasteiger partial charge in [0.1, 0.15) is 0 Å². The molecule has 1 N–H and O–H groups in total. The molecule has 2 fully saturated rings. The molecule has 1 aromatic carbocycles. The van der Waals surface area contributed by atoms with Crippen molar-refractivity contribution in [2.24, 2.45) is 0 Å². The molecule has 3 aliphatic rings. The molecule has 2 aromatic rings. The van der Waals surface area contributed by atoms with Crippen molar-refractivity contribution in [2.75, 3.05) is 44.3 Å². The van der Waals surface area contributed by atoms with E-state index in [1.807, 2.05) is 24.3 Å². The van der Waals surface area contributed by atoms with Gasteiger partial charge in [-0.1, -0.05) is 18.2 Å². The summed E-state index contributed by atoms with van der Waals surface area (Å²) in [7, 11) is 0. The lowest BCUT2D eigenvalue weighted by molar-refractivity contribution is 0.122. The highest BCUT2D eigenvalue weighted by molar-refractivity contribution is 5.41. The Morgan fingerprint density at radius 2 is 1.90 bits per heavy atom. The zero-order valence-electron chi connectivity index (χ0n) is 17.2. The third-order valence-corrected chi connectivity index (χ3v) is 7.01. The van der Waals surface area contributed by atoms with Gasteiger partial charge in [0, 0.05) is 30.6 Å². The Morgan fingerprint density at radius 1 is 1.13 bits per heavy atom. The molecular weight excluding hydrogens is 378 g/mol. The first kappa shape index (κ1) is 19.3. The van der Waals surface area contributed by atoms with Crippen LogP contribution in [0.1, 0.15) is 41.6 Å². The third kappa shape index (κ3) is 3.40. The average Bonchev–Trinajstić information content (AvgIpc) is 3.15. The number of likely N-dealkylation sites (tertiary alicyclic amines) is 1. The number of fused-ring (bicyclic) bond motifs is 2. The Labute approximate surface area is 176 Å². The molecule has 0 atom stereocenters. The van der Waals surface area contributed by atoms with Gasteiger partial charge in [0.2, 0.25) is 5.95 Å². The normalized spacial score (nSPS) is 20.8. The van der Waals surface area contributed by atoms with Gasteiger partial charge in [-0.3, -0.25) is 14.7 Å². The molecule has 7 nitrogen and oxygen atoms in total. The first-order chi connectivity index (χ1) is 14.7. The van der Waals surface area contributed by atoms with Crippen molar-refractivity contribution in [3.05, 3.63) is 57.0 Å². The van der Waals surface area contributed by atoms with E-state index in [1.165, 1.54) is 0 Å². The Kier molecular flexibility index (Phi) is 5.05. The van der Waals surface area contributed by atoms with E-state index in [2.05, 4.69) is 20.9 Å². The average molecular weight is 406 g/mol. The lowest BCUT2D eigenvalue weighted by Gasteiger charge is -2.39. The quantitative estimate of drug-likeness (QED) is 0.840. The summed E-state index contributed by atoms with van der Waals surface area (Å²) >= 11 is 0. The zero-order chi connectivity index (χ0) is 20.6. The summed E-state index contributed by atoms with van der Waals surface area (Å²) in [5.41, 5.74) is 3.80. The molecule has 156 valence electrons. The summed E-state index contributed by atoms with van der Waals surface area (Å²) in [5.74, 6) is 0.703. The van der Waals surface area contributed by atoms with Gasteiger partial charge < -0.3 is 9.64 Å². The van der Waals surface area contributed by atoms with Gasteiger partial charge in [-0.05, 0) is 50.4 Å². The van der Waals surface area contributed by atoms with E-state index < -0.39 is 0 Å². The summed E-state index contributed by atoms with van der Waals surface area (Å²) in [6, 6.07) is 10.1.